The van der Waals surface area contributed by atoms with Crippen LogP contribution in [0.1, 0.15) is 24.1 Å². The van der Waals surface area contributed by atoms with Crippen molar-refractivity contribution in [2.75, 3.05) is 61.1 Å². The van der Waals surface area contributed by atoms with Crippen molar-refractivity contribution in [2.45, 2.75) is 24.4 Å². The molecule has 40 heavy (non-hydrogen) atoms. The normalized spacial score (nSPS) is 17.4. The molecule has 2 fully saturated rings. The number of aromatic nitrogens is 2. The molecule has 2 aliphatic rings. The first-order valence-corrected chi connectivity index (χ1v) is 13.9. The van der Waals surface area contributed by atoms with Gasteiger partial charge in [-0.05, 0) is 54.9 Å². The van der Waals surface area contributed by atoms with Gasteiger partial charge in [0.2, 0.25) is 5.95 Å². The molecule has 0 bridgehead atoms. The second-order valence-corrected chi connectivity index (χ2v) is 10.8. The van der Waals surface area contributed by atoms with Gasteiger partial charge in [-0.1, -0.05) is 41.9 Å². The number of thiocarbonyl (C=S) groups is 1. The topological polar surface area (TPSA) is 65.5 Å². The van der Waals surface area contributed by atoms with Gasteiger partial charge in [0.15, 0.2) is 10.8 Å². The summed E-state index contributed by atoms with van der Waals surface area (Å²) in [5.41, 5.74) is 0.908. The van der Waals surface area contributed by atoms with E-state index in [4.69, 9.17) is 28.6 Å². The number of ether oxygens (including phenoxy) is 1. The Labute approximate surface area is 241 Å². The molecule has 0 unspecified atom stereocenters. The molecular formula is C28H30ClF3N6OS. The van der Waals surface area contributed by atoms with Crippen molar-refractivity contribution in [1.82, 2.24) is 15.3 Å². The number of hydrogen-bond donors (Lipinski definition) is 2. The van der Waals surface area contributed by atoms with Crippen LogP contribution in [-0.2, 0) is 16.3 Å². The predicted molar refractivity (Wildman–Crippen MR) is 155 cm³/mol. The SMILES string of the molecule is FC(F)(F)c1cc(N2CCN(c3ccccc3)CC2)nc(NC(=S)NCC2(c3ccc(Cl)cc3)CCOCC2)n1. The van der Waals surface area contributed by atoms with Crippen molar-refractivity contribution < 1.29 is 17.9 Å². The molecule has 0 amide bonds. The van der Waals surface area contributed by atoms with E-state index in [-0.39, 0.29) is 22.3 Å². The fraction of sp³-hybridized carbons (Fsp3) is 0.393. The first kappa shape index (κ1) is 28.4. The van der Waals surface area contributed by atoms with Crippen LogP contribution in [0.3, 0.4) is 0 Å². The number of para-hydroxylation sites is 1. The first-order valence-electron chi connectivity index (χ1n) is 13.1. The van der Waals surface area contributed by atoms with E-state index in [0.29, 0.717) is 51.0 Å². The molecule has 3 heterocycles. The number of nitrogens with one attached hydrogen (secondary N) is 2. The van der Waals surface area contributed by atoms with Gasteiger partial charge in [0.25, 0.3) is 0 Å². The molecule has 2 N–H and O–H groups in total. The highest BCUT2D eigenvalue weighted by Crippen LogP contribution is 2.35. The average molecular weight is 591 g/mol. The number of anilines is 3. The molecule has 7 nitrogen and oxygen atoms in total. The van der Waals surface area contributed by atoms with Crippen LogP contribution in [0.5, 0.6) is 0 Å². The number of nitrogens with zero attached hydrogens (tertiary/aromatic N) is 4. The van der Waals surface area contributed by atoms with Crippen molar-refractivity contribution in [3.8, 4) is 0 Å². The Morgan fingerprint density at radius 3 is 2.25 bits per heavy atom. The highest BCUT2D eigenvalue weighted by atomic mass is 35.5. The highest BCUT2D eigenvalue weighted by Gasteiger charge is 2.36. The maximum atomic E-state index is 13.8. The Morgan fingerprint density at radius 2 is 1.60 bits per heavy atom. The molecule has 0 saturated carbocycles. The van der Waals surface area contributed by atoms with E-state index in [0.717, 1.165) is 30.2 Å². The Kier molecular flexibility index (Phi) is 8.62. The standard InChI is InChI=1S/C28H30ClF3N6OS/c29-21-8-6-20(7-9-21)27(10-16-39-17-11-27)19-33-26(40)36-25-34-23(28(30,31)32)18-24(35-25)38-14-12-37(13-15-38)22-4-2-1-3-5-22/h1-9,18H,10-17,19H2,(H2,33,34,35,36,40). The Bertz CT molecular complexity index is 1300. The lowest BCUT2D eigenvalue weighted by Crippen LogP contribution is -2.47. The summed E-state index contributed by atoms with van der Waals surface area (Å²) in [6.45, 7) is 4.04. The molecule has 0 radical (unpaired) electrons. The quantitative estimate of drug-likeness (QED) is 0.365. The molecule has 0 aliphatic carbocycles. The summed E-state index contributed by atoms with van der Waals surface area (Å²) >= 11 is 11.6. The third-order valence-corrected chi connectivity index (χ3v) is 7.95. The minimum absolute atomic E-state index is 0.152. The second kappa shape index (κ2) is 12.2. The van der Waals surface area contributed by atoms with Crippen LogP contribution in [0.15, 0.2) is 60.7 Å². The summed E-state index contributed by atoms with van der Waals surface area (Å²) in [6.07, 6.45) is -3.09. The van der Waals surface area contributed by atoms with E-state index in [1.165, 1.54) is 0 Å². The molecule has 2 saturated heterocycles. The van der Waals surface area contributed by atoms with Crippen molar-refractivity contribution in [3.05, 3.63) is 76.9 Å². The van der Waals surface area contributed by atoms with E-state index >= 15 is 0 Å². The summed E-state index contributed by atoms with van der Waals surface area (Å²) in [6, 6.07) is 18.6. The number of alkyl halides is 3. The largest absolute Gasteiger partial charge is 0.433 e. The maximum absolute atomic E-state index is 13.8. The van der Waals surface area contributed by atoms with Crippen molar-refractivity contribution in [1.29, 1.82) is 0 Å². The monoisotopic (exact) mass is 590 g/mol. The fourth-order valence-electron chi connectivity index (χ4n) is 5.16. The molecule has 2 aromatic carbocycles. The van der Waals surface area contributed by atoms with Crippen molar-refractivity contribution in [2.24, 2.45) is 0 Å². The lowest BCUT2D eigenvalue weighted by molar-refractivity contribution is -0.141. The number of rotatable bonds is 6. The zero-order valence-corrected chi connectivity index (χ0v) is 23.3. The molecule has 12 heteroatoms. The zero-order chi connectivity index (χ0) is 28.2. The lowest BCUT2D eigenvalue weighted by atomic mass is 9.74. The van der Waals surface area contributed by atoms with Gasteiger partial charge in [-0.2, -0.15) is 18.2 Å². The van der Waals surface area contributed by atoms with Gasteiger partial charge in [-0.25, -0.2) is 4.98 Å². The van der Waals surface area contributed by atoms with E-state index in [9.17, 15) is 13.2 Å². The zero-order valence-electron chi connectivity index (χ0n) is 21.8. The van der Waals surface area contributed by atoms with Gasteiger partial charge in [0.1, 0.15) is 5.82 Å². The molecule has 3 aromatic rings. The van der Waals surface area contributed by atoms with Crippen LogP contribution in [0.2, 0.25) is 5.02 Å². The number of benzene rings is 2. The lowest BCUT2D eigenvalue weighted by Gasteiger charge is -2.38. The number of halogens is 4. The van der Waals surface area contributed by atoms with E-state index in [1.54, 1.807) is 0 Å². The molecule has 5 rings (SSSR count). The predicted octanol–water partition coefficient (Wildman–Crippen LogP) is 5.51. The second-order valence-electron chi connectivity index (χ2n) is 9.95. The van der Waals surface area contributed by atoms with E-state index < -0.39 is 11.9 Å². The number of piperazine rings is 1. The van der Waals surface area contributed by atoms with E-state index in [2.05, 4.69) is 25.5 Å². The Hall–Kier alpha value is -3.15. The average Bonchev–Trinajstić information content (AvgIpc) is 2.97. The van der Waals surface area contributed by atoms with E-state index in [1.807, 2.05) is 59.5 Å². The fourth-order valence-corrected chi connectivity index (χ4v) is 5.45. The summed E-state index contributed by atoms with van der Waals surface area (Å²) in [4.78, 5) is 12.2. The van der Waals surface area contributed by atoms with Gasteiger partial charge < -0.3 is 25.2 Å². The van der Waals surface area contributed by atoms with Gasteiger partial charge in [-0.3, -0.25) is 0 Å². The van der Waals surface area contributed by atoms with Crippen LogP contribution >= 0.6 is 23.8 Å². The molecule has 0 spiro atoms. The van der Waals surface area contributed by atoms with Crippen LogP contribution in [0.4, 0.5) is 30.6 Å². The van der Waals surface area contributed by atoms with Gasteiger partial charge in [-0.15, -0.1) is 0 Å². The van der Waals surface area contributed by atoms with Crippen LogP contribution in [0, 0.1) is 0 Å². The smallest absolute Gasteiger partial charge is 0.381 e. The summed E-state index contributed by atoms with van der Waals surface area (Å²) in [7, 11) is 0. The summed E-state index contributed by atoms with van der Waals surface area (Å²) < 4.78 is 46.9. The molecule has 2 aliphatic heterocycles. The minimum Gasteiger partial charge on any atom is -0.381 e. The Balaban J connectivity index is 1.28. The summed E-state index contributed by atoms with van der Waals surface area (Å²) in [5.74, 6) is 0.0164. The molecule has 0 atom stereocenters. The van der Waals surface area contributed by atoms with Crippen LogP contribution in [0.25, 0.3) is 0 Å². The van der Waals surface area contributed by atoms with Gasteiger partial charge in [0.05, 0.1) is 0 Å². The maximum Gasteiger partial charge on any atom is 0.433 e. The molecular weight excluding hydrogens is 561 g/mol. The van der Waals surface area contributed by atoms with Gasteiger partial charge in [0, 0.05) is 68.1 Å². The third-order valence-electron chi connectivity index (χ3n) is 7.45. The van der Waals surface area contributed by atoms with Crippen LogP contribution < -0.4 is 20.4 Å². The minimum atomic E-state index is -4.63. The molecule has 1 aromatic heterocycles. The highest BCUT2D eigenvalue weighted by molar-refractivity contribution is 7.80. The van der Waals surface area contributed by atoms with Gasteiger partial charge >= 0.3 is 6.18 Å². The third kappa shape index (κ3) is 6.76. The molecule has 212 valence electrons. The van der Waals surface area contributed by atoms with Crippen molar-refractivity contribution >= 4 is 46.4 Å². The number of hydrogen-bond acceptors (Lipinski definition) is 6. The van der Waals surface area contributed by atoms with Crippen molar-refractivity contribution in [3.63, 3.8) is 0 Å². The summed E-state index contributed by atoms with van der Waals surface area (Å²) in [5, 5.41) is 6.78. The Morgan fingerprint density at radius 1 is 0.950 bits per heavy atom. The first-order chi connectivity index (χ1) is 19.2. The van der Waals surface area contributed by atoms with Crippen LogP contribution in [-0.4, -0.2) is 61.0 Å².